The van der Waals surface area contributed by atoms with Crippen molar-refractivity contribution in [2.45, 2.75) is 26.7 Å². The van der Waals surface area contributed by atoms with Crippen molar-refractivity contribution in [3.63, 3.8) is 0 Å². The highest BCUT2D eigenvalue weighted by Gasteiger charge is 2.30. The van der Waals surface area contributed by atoms with Crippen LogP contribution >= 0.6 is 0 Å². The molecule has 1 N–H and O–H groups in total. The standard InChI is InChI=1S/C19H15NO6/c1-9-17(23)10(2)19(24)26-18(9)14-8-11-7-12(3-4-13(11)25-14)20-15(21)5-6-16(20)22/h3-4,7-8,23H,5-6H2,1-2H3. The van der Waals surface area contributed by atoms with Gasteiger partial charge in [-0.15, -0.1) is 0 Å². The first-order valence-corrected chi connectivity index (χ1v) is 8.10. The van der Waals surface area contributed by atoms with Crippen LogP contribution in [-0.4, -0.2) is 16.9 Å². The van der Waals surface area contributed by atoms with E-state index in [1.807, 2.05) is 0 Å². The van der Waals surface area contributed by atoms with Crippen molar-refractivity contribution in [2.24, 2.45) is 0 Å². The zero-order valence-corrected chi connectivity index (χ0v) is 14.2. The maximum Gasteiger partial charge on any atom is 0.343 e. The molecular weight excluding hydrogens is 338 g/mol. The van der Waals surface area contributed by atoms with Crippen LogP contribution in [0, 0.1) is 13.8 Å². The third kappa shape index (κ3) is 2.32. The highest BCUT2D eigenvalue weighted by atomic mass is 16.4. The monoisotopic (exact) mass is 353 g/mol. The van der Waals surface area contributed by atoms with Crippen LogP contribution in [0.25, 0.3) is 22.5 Å². The summed E-state index contributed by atoms with van der Waals surface area (Å²) in [6.45, 7) is 3.10. The molecule has 0 saturated carbocycles. The summed E-state index contributed by atoms with van der Waals surface area (Å²) in [5.74, 6) is -0.178. The quantitative estimate of drug-likeness (QED) is 0.711. The van der Waals surface area contributed by atoms with E-state index in [-0.39, 0.29) is 47.5 Å². The van der Waals surface area contributed by atoms with E-state index in [0.29, 0.717) is 22.2 Å². The largest absolute Gasteiger partial charge is 0.507 e. The smallest absolute Gasteiger partial charge is 0.343 e. The molecule has 0 unspecified atom stereocenters. The summed E-state index contributed by atoms with van der Waals surface area (Å²) in [5.41, 5.74) is 0.867. The average molecular weight is 353 g/mol. The first kappa shape index (κ1) is 16.1. The number of amides is 2. The Morgan fingerprint density at radius 2 is 1.65 bits per heavy atom. The molecule has 0 atom stereocenters. The lowest BCUT2D eigenvalue weighted by atomic mass is 10.1. The Labute approximate surface area is 147 Å². The Kier molecular flexibility index (Phi) is 3.47. The summed E-state index contributed by atoms with van der Waals surface area (Å²) in [7, 11) is 0. The van der Waals surface area contributed by atoms with Gasteiger partial charge in [-0.3, -0.25) is 14.5 Å². The van der Waals surface area contributed by atoms with Gasteiger partial charge >= 0.3 is 5.63 Å². The molecule has 2 aromatic heterocycles. The van der Waals surface area contributed by atoms with Crippen molar-refractivity contribution < 1.29 is 23.5 Å². The van der Waals surface area contributed by atoms with Gasteiger partial charge in [-0.25, -0.2) is 4.79 Å². The van der Waals surface area contributed by atoms with E-state index in [1.165, 1.54) is 6.92 Å². The van der Waals surface area contributed by atoms with Crippen molar-refractivity contribution in [3.8, 4) is 17.3 Å². The van der Waals surface area contributed by atoms with Crippen LogP contribution in [0.4, 0.5) is 5.69 Å². The average Bonchev–Trinajstić information content (AvgIpc) is 3.18. The summed E-state index contributed by atoms with van der Waals surface area (Å²) in [6.07, 6.45) is 0.418. The van der Waals surface area contributed by atoms with E-state index in [0.717, 1.165) is 4.90 Å². The van der Waals surface area contributed by atoms with Gasteiger partial charge in [0.15, 0.2) is 11.5 Å². The normalized spacial score (nSPS) is 14.6. The molecule has 7 heteroatoms. The van der Waals surface area contributed by atoms with Gasteiger partial charge in [-0.1, -0.05) is 0 Å². The Hall–Kier alpha value is -3.35. The molecule has 0 radical (unpaired) electrons. The number of fused-ring (bicyclic) bond motifs is 1. The number of furan rings is 1. The van der Waals surface area contributed by atoms with E-state index in [9.17, 15) is 19.5 Å². The van der Waals surface area contributed by atoms with Crippen molar-refractivity contribution in [1.29, 1.82) is 0 Å². The number of rotatable bonds is 2. The van der Waals surface area contributed by atoms with Gasteiger partial charge in [-0.05, 0) is 38.1 Å². The lowest BCUT2D eigenvalue weighted by Crippen LogP contribution is -2.28. The number of hydrogen-bond donors (Lipinski definition) is 1. The lowest BCUT2D eigenvalue weighted by Gasteiger charge is -2.13. The van der Waals surface area contributed by atoms with Crippen LogP contribution in [-0.2, 0) is 9.59 Å². The van der Waals surface area contributed by atoms with Gasteiger partial charge in [0.25, 0.3) is 0 Å². The summed E-state index contributed by atoms with van der Waals surface area (Å²) in [4.78, 5) is 36.8. The number of nitrogens with zero attached hydrogens (tertiary/aromatic N) is 1. The minimum absolute atomic E-state index is 0.134. The Morgan fingerprint density at radius 3 is 2.35 bits per heavy atom. The summed E-state index contributed by atoms with van der Waals surface area (Å²) < 4.78 is 11.0. The molecule has 1 aliphatic heterocycles. The molecule has 7 nitrogen and oxygen atoms in total. The van der Waals surface area contributed by atoms with Crippen LogP contribution in [0.15, 0.2) is 37.9 Å². The number of carbonyl (C=O) groups excluding carboxylic acids is 2. The third-order valence-electron chi connectivity index (χ3n) is 4.59. The van der Waals surface area contributed by atoms with E-state index >= 15 is 0 Å². The topological polar surface area (TPSA) is 101 Å². The summed E-state index contributed by atoms with van der Waals surface area (Å²) in [5, 5.41) is 10.7. The minimum Gasteiger partial charge on any atom is -0.507 e. The molecule has 132 valence electrons. The second kappa shape index (κ2) is 5.59. The van der Waals surface area contributed by atoms with Gasteiger partial charge in [-0.2, -0.15) is 0 Å². The van der Waals surface area contributed by atoms with Gasteiger partial charge in [0.2, 0.25) is 11.8 Å². The zero-order chi connectivity index (χ0) is 18.6. The fourth-order valence-corrected chi connectivity index (χ4v) is 3.11. The number of aromatic hydroxyl groups is 1. The molecule has 26 heavy (non-hydrogen) atoms. The summed E-state index contributed by atoms with van der Waals surface area (Å²) in [6, 6.07) is 6.59. The lowest BCUT2D eigenvalue weighted by molar-refractivity contribution is -0.121. The predicted octanol–water partition coefficient (Wildman–Crippen LogP) is 3.03. The first-order valence-electron chi connectivity index (χ1n) is 8.10. The maximum absolute atomic E-state index is 11.9. The molecule has 3 aromatic rings. The Balaban J connectivity index is 1.84. The molecule has 2 amide bonds. The van der Waals surface area contributed by atoms with E-state index in [1.54, 1.807) is 31.2 Å². The molecule has 0 spiro atoms. The fraction of sp³-hybridized carbons (Fsp3) is 0.211. The molecule has 1 fully saturated rings. The van der Waals surface area contributed by atoms with Gasteiger partial charge in [0, 0.05) is 23.8 Å². The minimum atomic E-state index is -0.641. The molecule has 0 bridgehead atoms. The van der Waals surface area contributed by atoms with Crippen molar-refractivity contribution in [2.75, 3.05) is 4.90 Å². The van der Waals surface area contributed by atoms with E-state index in [2.05, 4.69) is 0 Å². The van der Waals surface area contributed by atoms with Crippen LogP contribution < -0.4 is 10.5 Å². The maximum atomic E-state index is 11.9. The van der Waals surface area contributed by atoms with E-state index < -0.39 is 5.63 Å². The molecule has 1 aromatic carbocycles. The number of anilines is 1. The Morgan fingerprint density at radius 1 is 0.962 bits per heavy atom. The number of imide groups is 1. The highest BCUT2D eigenvalue weighted by molar-refractivity contribution is 6.20. The predicted molar refractivity (Wildman–Crippen MR) is 93.1 cm³/mol. The number of hydrogen-bond acceptors (Lipinski definition) is 6. The molecule has 3 heterocycles. The molecular formula is C19H15NO6. The molecule has 4 rings (SSSR count). The number of benzene rings is 1. The fourth-order valence-electron chi connectivity index (χ4n) is 3.11. The molecule has 1 aliphatic rings. The highest BCUT2D eigenvalue weighted by Crippen LogP contribution is 2.35. The Bertz CT molecular complexity index is 1120. The van der Waals surface area contributed by atoms with Crippen molar-refractivity contribution >= 4 is 28.5 Å². The number of carbonyl (C=O) groups is 2. The first-order chi connectivity index (χ1) is 12.4. The van der Waals surface area contributed by atoms with Crippen LogP contribution in [0.2, 0.25) is 0 Å². The molecule has 1 saturated heterocycles. The van der Waals surface area contributed by atoms with Gasteiger partial charge in [0.1, 0.15) is 11.3 Å². The SMILES string of the molecule is Cc1c(-c2cc3cc(N4C(=O)CCC4=O)ccc3o2)oc(=O)c(C)c1O. The van der Waals surface area contributed by atoms with E-state index in [4.69, 9.17) is 8.83 Å². The third-order valence-corrected chi connectivity index (χ3v) is 4.59. The van der Waals surface area contributed by atoms with Crippen LogP contribution in [0.1, 0.15) is 24.0 Å². The van der Waals surface area contributed by atoms with Gasteiger partial charge in [0.05, 0.1) is 11.3 Å². The van der Waals surface area contributed by atoms with Crippen LogP contribution in [0.3, 0.4) is 0 Å². The van der Waals surface area contributed by atoms with Gasteiger partial charge < -0.3 is 13.9 Å². The second-order valence-corrected chi connectivity index (χ2v) is 6.27. The summed E-state index contributed by atoms with van der Waals surface area (Å²) >= 11 is 0. The zero-order valence-electron chi connectivity index (χ0n) is 14.2. The van der Waals surface area contributed by atoms with Crippen molar-refractivity contribution in [1.82, 2.24) is 0 Å². The van der Waals surface area contributed by atoms with Crippen molar-refractivity contribution in [3.05, 3.63) is 45.8 Å². The second-order valence-electron chi connectivity index (χ2n) is 6.27. The van der Waals surface area contributed by atoms with Crippen LogP contribution in [0.5, 0.6) is 5.75 Å². The molecule has 0 aliphatic carbocycles.